The lowest BCUT2D eigenvalue weighted by molar-refractivity contribution is 0.203. The van der Waals surface area contributed by atoms with E-state index in [1.165, 1.54) is 0 Å². The maximum absolute atomic E-state index is 10.1. The van der Waals surface area contributed by atoms with Gasteiger partial charge in [0, 0.05) is 42.7 Å². The Morgan fingerprint density at radius 3 is 0.571 bits per heavy atom. The fraction of sp³-hybridized carbons (Fsp3) is 1.00. The number of rotatable bonds is 6. The van der Waals surface area contributed by atoms with Crippen molar-refractivity contribution in [3.63, 3.8) is 0 Å². The van der Waals surface area contributed by atoms with Gasteiger partial charge in [-0.25, -0.2) is 13.7 Å². The highest BCUT2D eigenvalue weighted by molar-refractivity contribution is 7.47. The first-order valence-corrected chi connectivity index (χ1v) is 9.18. The zero-order chi connectivity index (χ0) is 17.7. The maximum atomic E-state index is 10.1. The van der Waals surface area contributed by atoms with Gasteiger partial charge in [-0.05, 0) is 0 Å². The molecule has 0 aliphatic rings. The highest BCUT2D eigenvalue weighted by atomic mass is 31.2. The Labute approximate surface area is 122 Å². The molecular formula is C6H21O12P3. The molecule has 0 atom stereocenters. The van der Waals surface area contributed by atoms with Crippen molar-refractivity contribution in [1.29, 1.82) is 0 Å². The molecule has 0 heterocycles. The van der Waals surface area contributed by atoms with Crippen LogP contribution in [0, 0.1) is 0 Å². The van der Waals surface area contributed by atoms with E-state index in [4.69, 9.17) is 14.7 Å². The Bertz CT molecular complexity index is 302. The van der Waals surface area contributed by atoms with E-state index in [0.717, 1.165) is 42.7 Å². The lowest BCUT2D eigenvalue weighted by atomic mass is 11.8. The summed E-state index contributed by atoms with van der Waals surface area (Å²) in [5, 5.41) is 0. The number of phosphoric ester groups is 3. The van der Waals surface area contributed by atoms with Crippen LogP contribution in [0.5, 0.6) is 0 Å². The van der Waals surface area contributed by atoms with Crippen molar-refractivity contribution in [3.05, 3.63) is 0 Å². The van der Waals surface area contributed by atoms with Crippen LogP contribution in [0.15, 0.2) is 0 Å². The van der Waals surface area contributed by atoms with Crippen LogP contribution in [0.2, 0.25) is 0 Å². The molecule has 0 aromatic heterocycles. The van der Waals surface area contributed by atoms with Gasteiger partial charge < -0.3 is 14.7 Å². The summed E-state index contributed by atoms with van der Waals surface area (Å²) >= 11 is 0. The highest BCUT2D eigenvalue weighted by Crippen LogP contribution is 2.41. The molecule has 0 bridgehead atoms. The van der Waals surface area contributed by atoms with Gasteiger partial charge in [-0.15, -0.1) is 0 Å². The fourth-order valence-corrected chi connectivity index (χ4v) is 0.671. The molecule has 0 saturated heterocycles. The molecule has 0 radical (unpaired) electrons. The lowest BCUT2D eigenvalue weighted by Crippen LogP contribution is -1.83. The Morgan fingerprint density at radius 2 is 0.571 bits per heavy atom. The Kier molecular flexibility index (Phi) is 16.0. The summed E-state index contributed by atoms with van der Waals surface area (Å²) in [6.45, 7) is 0. The number of hydrogen-bond donors (Lipinski definition) is 3. The van der Waals surface area contributed by atoms with Crippen molar-refractivity contribution in [3.8, 4) is 0 Å². The van der Waals surface area contributed by atoms with Crippen LogP contribution in [0.25, 0.3) is 0 Å². The summed E-state index contributed by atoms with van der Waals surface area (Å²) < 4.78 is 54.0. The van der Waals surface area contributed by atoms with E-state index in [0.29, 0.717) is 0 Å². The van der Waals surface area contributed by atoms with Gasteiger partial charge in [0.1, 0.15) is 0 Å². The van der Waals surface area contributed by atoms with Gasteiger partial charge in [-0.1, -0.05) is 0 Å². The van der Waals surface area contributed by atoms with E-state index in [1.807, 2.05) is 0 Å². The van der Waals surface area contributed by atoms with Crippen molar-refractivity contribution in [2.24, 2.45) is 0 Å². The highest BCUT2D eigenvalue weighted by Gasteiger charge is 2.14. The molecule has 0 rings (SSSR count). The smallest absolute Gasteiger partial charge is 0.303 e. The summed E-state index contributed by atoms with van der Waals surface area (Å²) in [5.74, 6) is 0. The third-order valence-electron chi connectivity index (χ3n) is 1.38. The normalized spacial score (nSPS) is 11.9. The molecular weight excluding hydrogens is 357 g/mol. The maximum Gasteiger partial charge on any atom is 0.471 e. The molecule has 0 aromatic carbocycles. The predicted molar refractivity (Wildman–Crippen MR) is 71.5 cm³/mol. The van der Waals surface area contributed by atoms with Gasteiger partial charge in [-0.3, -0.25) is 27.1 Å². The second kappa shape index (κ2) is 12.8. The minimum atomic E-state index is -3.65. The standard InChI is InChI=1S/3C2H7O4P/c3*1-5-7(3,4)6-2/h3*1-2H3,(H,3,4). The first-order chi connectivity index (χ1) is 9.36. The van der Waals surface area contributed by atoms with E-state index >= 15 is 0 Å². The first-order valence-electron chi connectivity index (χ1n) is 4.69. The predicted octanol–water partition coefficient (Wildman–Crippen LogP) is 1.14. The van der Waals surface area contributed by atoms with Crippen LogP contribution in [0.1, 0.15) is 0 Å². The molecule has 21 heavy (non-hydrogen) atoms. The fourth-order valence-electron chi connectivity index (χ4n) is 0.224. The van der Waals surface area contributed by atoms with Crippen molar-refractivity contribution in [2.75, 3.05) is 42.7 Å². The number of phosphoric acid groups is 3. The van der Waals surface area contributed by atoms with Gasteiger partial charge in [0.05, 0.1) is 0 Å². The third-order valence-corrected chi connectivity index (χ3v) is 4.15. The van der Waals surface area contributed by atoms with Gasteiger partial charge in [0.2, 0.25) is 0 Å². The van der Waals surface area contributed by atoms with Gasteiger partial charge in [0.25, 0.3) is 0 Å². The monoisotopic (exact) mass is 378 g/mol. The van der Waals surface area contributed by atoms with Crippen molar-refractivity contribution >= 4 is 23.5 Å². The van der Waals surface area contributed by atoms with Gasteiger partial charge in [0.15, 0.2) is 0 Å². The summed E-state index contributed by atoms with van der Waals surface area (Å²) in [4.78, 5) is 24.7. The molecule has 0 aliphatic heterocycles. The first kappa shape index (κ1) is 26.2. The Morgan fingerprint density at radius 1 is 0.476 bits per heavy atom. The minimum absolute atomic E-state index is 1.10. The Hall–Kier alpha value is 0.330. The quantitative estimate of drug-likeness (QED) is 0.565. The molecule has 3 N–H and O–H groups in total. The molecule has 0 aliphatic carbocycles. The molecule has 15 heteroatoms. The third kappa shape index (κ3) is 20.3. The van der Waals surface area contributed by atoms with Crippen LogP contribution in [-0.2, 0) is 40.8 Å². The zero-order valence-electron chi connectivity index (χ0n) is 12.4. The molecule has 0 amide bonds. The molecule has 0 saturated carbocycles. The van der Waals surface area contributed by atoms with Crippen molar-refractivity contribution in [1.82, 2.24) is 0 Å². The van der Waals surface area contributed by atoms with Crippen LogP contribution in [0.4, 0.5) is 0 Å². The summed E-state index contributed by atoms with van der Waals surface area (Å²) in [7, 11) is -4.35. The average Bonchev–Trinajstić information content (AvgIpc) is 2.48. The van der Waals surface area contributed by atoms with Crippen LogP contribution < -0.4 is 0 Å². The largest absolute Gasteiger partial charge is 0.471 e. The summed E-state index contributed by atoms with van der Waals surface area (Å²) in [6, 6.07) is 0. The van der Waals surface area contributed by atoms with E-state index in [-0.39, 0.29) is 0 Å². The zero-order valence-corrected chi connectivity index (χ0v) is 15.0. The van der Waals surface area contributed by atoms with E-state index in [1.54, 1.807) is 0 Å². The van der Waals surface area contributed by atoms with Crippen LogP contribution >= 0.6 is 23.5 Å². The van der Waals surface area contributed by atoms with Crippen LogP contribution in [-0.4, -0.2) is 57.3 Å². The molecule has 0 spiro atoms. The molecule has 0 fully saturated rings. The number of hydrogen-bond acceptors (Lipinski definition) is 9. The van der Waals surface area contributed by atoms with Gasteiger partial charge >= 0.3 is 23.5 Å². The molecule has 0 unspecified atom stereocenters. The summed E-state index contributed by atoms with van der Waals surface area (Å²) in [6.07, 6.45) is 0. The minimum Gasteiger partial charge on any atom is -0.303 e. The lowest BCUT2D eigenvalue weighted by Gasteiger charge is -2.01. The SMILES string of the molecule is COP(=O)(O)OC.COP(=O)(O)OC.COP(=O)(O)OC. The molecule has 132 valence electrons. The second-order valence-corrected chi connectivity index (χ2v) is 7.50. The van der Waals surface area contributed by atoms with Crippen molar-refractivity contribution in [2.45, 2.75) is 0 Å². The topological polar surface area (TPSA) is 167 Å². The van der Waals surface area contributed by atoms with Crippen molar-refractivity contribution < 1.29 is 55.5 Å². The Balaban J connectivity index is -0.000000231. The second-order valence-electron chi connectivity index (χ2n) is 2.50. The molecule has 0 aromatic rings. The van der Waals surface area contributed by atoms with Gasteiger partial charge in [-0.2, -0.15) is 0 Å². The van der Waals surface area contributed by atoms with E-state index < -0.39 is 23.5 Å². The van der Waals surface area contributed by atoms with E-state index in [2.05, 4.69) is 27.1 Å². The molecule has 12 nitrogen and oxygen atoms in total. The summed E-state index contributed by atoms with van der Waals surface area (Å²) in [5.41, 5.74) is 0. The average molecular weight is 378 g/mol. The van der Waals surface area contributed by atoms with Crippen LogP contribution in [0.3, 0.4) is 0 Å². The van der Waals surface area contributed by atoms with E-state index in [9.17, 15) is 13.7 Å².